The van der Waals surface area contributed by atoms with Crippen LogP contribution in [0, 0.1) is 0 Å². The van der Waals surface area contributed by atoms with Crippen molar-refractivity contribution in [3.63, 3.8) is 0 Å². The lowest BCUT2D eigenvalue weighted by Crippen LogP contribution is -2.20. The van der Waals surface area contributed by atoms with E-state index in [1.165, 1.54) is 0 Å². The fourth-order valence-electron chi connectivity index (χ4n) is 3.43. The minimum absolute atomic E-state index is 0.120. The Morgan fingerprint density at radius 2 is 1.69 bits per heavy atom. The molecule has 8 heteroatoms. The van der Waals surface area contributed by atoms with Gasteiger partial charge in [-0.15, -0.1) is 0 Å². The highest BCUT2D eigenvalue weighted by Gasteiger charge is 2.18. The zero-order valence-electron chi connectivity index (χ0n) is 19.4. The molecule has 0 saturated carbocycles. The van der Waals surface area contributed by atoms with Crippen LogP contribution in [0.3, 0.4) is 0 Å². The maximum absolute atomic E-state index is 12.4. The molecule has 0 aliphatic carbocycles. The van der Waals surface area contributed by atoms with E-state index in [4.69, 9.17) is 14.2 Å². The summed E-state index contributed by atoms with van der Waals surface area (Å²) in [4.78, 5) is 24.8. The Hall–Kier alpha value is -4.59. The van der Waals surface area contributed by atoms with Gasteiger partial charge < -0.3 is 19.5 Å². The first-order valence-corrected chi connectivity index (χ1v) is 11.1. The van der Waals surface area contributed by atoms with Gasteiger partial charge in [0.15, 0.2) is 12.3 Å². The summed E-state index contributed by atoms with van der Waals surface area (Å²) in [5.41, 5.74) is 2.93. The van der Waals surface area contributed by atoms with E-state index in [1.54, 1.807) is 43.0 Å². The van der Waals surface area contributed by atoms with Gasteiger partial charge in [0.1, 0.15) is 11.5 Å². The summed E-state index contributed by atoms with van der Waals surface area (Å²) < 4.78 is 17.6. The molecule has 0 fully saturated rings. The summed E-state index contributed by atoms with van der Waals surface area (Å²) >= 11 is 0. The van der Waals surface area contributed by atoms with E-state index in [0.29, 0.717) is 22.9 Å². The Labute approximate surface area is 203 Å². The fourth-order valence-corrected chi connectivity index (χ4v) is 3.43. The van der Waals surface area contributed by atoms with Crippen LogP contribution in [0.5, 0.6) is 11.5 Å². The third kappa shape index (κ3) is 5.86. The van der Waals surface area contributed by atoms with Crippen molar-refractivity contribution in [2.24, 2.45) is 0 Å². The van der Waals surface area contributed by atoms with Gasteiger partial charge in [-0.1, -0.05) is 30.3 Å². The second-order valence-corrected chi connectivity index (χ2v) is 7.48. The van der Waals surface area contributed by atoms with Crippen molar-refractivity contribution in [3.05, 3.63) is 90.6 Å². The third-order valence-corrected chi connectivity index (χ3v) is 5.07. The van der Waals surface area contributed by atoms with E-state index in [9.17, 15) is 9.59 Å². The molecule has 1 heterocycles. The monoisotopic (exact) mass is 471 g/mol. The van der Waals surface area contributed by atoms with Crippen LogP contribution in [0.2, 0.25) is 0 Å². The number of esters is 1. The Bertz CT molecular complexity index is 1300. The van der Waals surface area contributed by atoms with E-state index < -0.39 is 5.97 Å². The minimum atomic E-state index is -0.511. The number of amides is 1. The summed E-state index contributed by atoms with van der Waals surface area (Å²) in [6.07, 6.45) is 0. The van der Waals surface area contributed by atoms with Gasteiger partial charge in [0, 0.05) is 11.3 Å². The summed E-state index contributed by atoms with van der Waals surface area (Å²) in [7, 11) is 1.60. The van der Waals surface area contributed by atoms with Crippen molar-refractivity contribution in [2.75, 3.05) is 25.6 Å². The molecule has 0 aliphatic heterocycles. The highest BCUT2D eigenvalue weighted by atomic mass is 16.5. The Morgan fingerprint density at radius 3 is 2.40 bits per heavy atom. The first-order valence-electron chi connectivity index (χ1n) is 11.1. The summed E-state index contributed by atoms with van der Waals surface area (Å²) in [5.74, 6) is 0.521. The molecule has 1 amide bonds. The van der Waals surface area contributed by atoms with Crippen LogP contribution < -0.4 is 14.8 Å². The predicted octanol–water partition coefficient (Wildman–Crippen LogP) is 4.74. The van der Waals surface area contributed by atoms with Gasteiger partial charge in [0.05, 0.1) is 25.1 Å². The number of carbonyl (C=O) groups excluding carboxylic acids is 2. The summed E-state index contributed by atoms with van der Waals surface area (Å²) in [6.45, 7) is 1.87. The van der Waals surface area contributed by atoms with Gasteiger partial charge in [-0.2, -0.15) is 5.10 Å². The van der Waals surface area contributed by atoms with Gasteiger partial charge >= 0.3 is 5.97 Å². The number of rotatable bonds is 9. The Balaban J connectivity index is 1.60. The van der Waals surface area contributed by atoms with Crippen molar-refractivity contribution in [1.82, 2.24) is 9.78 Å². The number of para-hydroxylation sites is 1. The second-order valence-electron chi connectivity index (χ2n) is 7.48. The number of carbonyl (C=O) groups is 2. The molecule has 0 bridgehead atoms. The van der Waals surface area contributed by atoms with Crippen LogP contribution in [-0.4, -0.2) is 42.0 Å². The summed E-state index contributed by atoms with van der Waals surface area (Å²) in [6, 6.07) is 25.4. The molecule has 0 unspecified atom stereocenters. The smallest absolute Gasteiger partial charge is 0.358 e. The van der Waals surface area contributed by atoms with Crippen LogP contribution in [0.1, 0.15) is 17.4 Å². The number of aromatic nitrogens is 2. The zero-order valence-corrected chi connectivity index (χ0v) is 19.4. The molecule has 0 aliphatic rings. The highest BCUT2D eigenvalue weighted by Crippen LogP contribution is 2.27. The number of ether oxygens (including phenoxy) is 3. The van der Waals surface area contributed by atoms with Crippen molar-refractivity contribution >= 4 is 17.6 Å². The largest absolute Gasteiger partial charge is 0.497 e. The quantitative estimate of drug-likeness (QED) is 0.355. The molecule has 3 aromatic carbocycles. The lowest BCUT2D eigenvalue weighted by atomic mass is 10.1. The molecule has 8 nitrogen and oxygen atoms in total. The number of methoxy groups -OCH3 is 1. The standard InChI is InChI=1S/C27H25N3O5/c1-3-34-27(32)24-17-25(30(29-24)21-12-14-22(33-2)15-13-21)19-8-7-9-20(16-19)28-26(31)18-35-23-10-5-4-6-11-23/h4-17H,3,18H2,1-2H3,(H,28,31). The fraction of sp³-hybridized carbons (Fsp3) is 0.148. The van der Waals surface area contributed by atoms with E-state index in [1.807, 2.05) is 60.7 Å². The normalized spacial score (nSPS) is 10.5. The Kier molecular flexibility index (Phi) is 7.42. The van der Waals surface area contributed by atoms with E-state index >= 15 is 0 Å². The molecule has 35 heavy (non-hydrogen) atoms. The van der Waals surface area contributed by atoms with E-state index in [2.05, 4.69) is 10.4 Å². The van der Waals surface area contributed by atoms with Gasteiger partial charge in [0.2, 0.25) is 0 Å². The van der Waals surface area contributed by atoms with Gasteiger partial charge in [-0.25, -0.2) is 9.48 Å². The molecule has 4 aromatic rings. The maximum Gasteiger partial charge on any atom is 0.358 e. The summed E-state index contributed by atoms with van der Waals surface area (Å²) in [5, 5.41) is 7.32. The molecule has 0 radical (unpaired) electrons. The SMILES string of the molecule is CCOC(=O)c1cc(-c2cccc(NC(=O)COc3ccccc3)c2)n(-c2ccc(OC)cc2)n1. The van der Waals surface area contributed by atoms with Gasteiger partial charge in [-0.05, 0) is 61.5 Å². The van der Waals surface area contributed by atoms with Gasteiger partial charge in [-0.3, -0.25) is 4.79 Å². The molecule has 0 spiro atoms. The van der Waals surface area contributed by atoms with Crippen LogP contribution in [-0.2, 0) is 9.53 Å². The van der Waals surface area contributed by atoms with Crippen LogP contribution in [0.15, 0.2) is 84.9 Å². The maximum atomic E-state index is 12.4. The number of hydrogen-bond acceptors (Lipinski definition) is 6. The second kappa shape index (κ2) is 11.0. The molecule has 1 aromatic heterocycles. The molecular formula is C27H25N3O5. The molecule has 0 atom stereocenters. The first kappa shape index (κ1) is 23.6. The van der Waals surface area contributed by atoms with Crippen molar-refractivity contribution in [3.8, 4) is 28.4 Å². The van der Waals surface area contributed by atoms with Crippen molar-refractivity contribution in [1.29, 1.82) is 0 Å². The lowest BCUT2D eigenvalue weighted by Gasteiger charge is -2.11. The van der Waals surface area contributed by atoms with Crippen LogP contribution >= 0.6 is 0 Å². The highest BCUT2D eigenvalue weighted by molar-refractivity contribution is 5.93. The van der Waals surface area contributed by atoms with E-state index in [0.717, 1.165) is 11.3 Å². The Morgan fingerprint density at radius 1 is 0.914 bits per heavy atom. The number of nitrogens with one attached hydrogen (secondary N) is 1. The molecular weight excluding hydrogens is 446 g/mol. The van der Waals surface area contributed by atoms with Crippen LogP contribution in [0.4, 0.5) is 5.69 Å². The molecule has 4 rings (SSSR count). The number of nitrogens with zero attached hydrogens (tertiary/aromatic N) is 2. The van der Waals surface area contributed by atoms with Gasteiger partial charge in [0.25, 0.3) is 5.91 Å². The molecule has 0 saturated heterocycles. The predicted molar refractivity (Wildman–Crippen MR) is 132 cm³/mol. The molecule has 178 valence electrons. The molecule has 1 N–H and O–H groups in total. The van der Waals surface area contributed by atoms with Crippen LogP contribution in [0.25, 0.3) is 16.9 Å². The third-order valence-electron chi connectivity index (χ3n) is 5.07. The topological polar surface area (TPSA) is 91.7 Å². The van der Waals surface area contributed by atoms with Crippen molar-refractivity contribution < 1.29 is 23.8 Å². The van der Waals surface area contributed by atoms with E-state index in [-0.39, 0.29) is 24.8 Å². The zero-order chi connectivity index (χ0) is 24.6. The average Bonchev–Trinajstić information content (AvgIpc) is 3.34. The number of anilines is 1. The number of benzene rings is 3. The van der Waals surface area contributed by atoms with Crippen molar-refractivity contribution in [2.45, 2.75) is 6.92 Å². The lowest BCUT2D eigenvalue weighted by molar-refractivity contribution is -0.118. The number of hydrogen-bond donors (Lipinski definition) is 1. The first-order chi connectivity index (χ1) is 17.1. The average molecular weight is 472 g/mol. The minimum Gasteiger partial charge on any atom is -0.497 e.